The zero-order chi connectivity index (χ0) is 9.52. The molecule has 0 bridgehead atoms. The quantitative estimate of drug-likeness (QED) is 0.656. The first-order chi connectivity index (χ1) is 6.29. The molecule has 0 aromatic heterocycles. The highest BCUT2D eigenvalue weighted by atomic mass is 16.1. The third-order valence-corrected chi connectivity index (χ3v) is 2.20. The highest BCUT2D eigenvalue weighted by Gasteiger charge is 2.06. The van der Waals surface area contributed by atoms with Crippen molar-refractivity contribution in [2.24, 2.45) is 0 Å². The molecule has 0 unspecified atom stereocenters. The van der Waals surface area contributed by atoms with Gasteiger partial charge in [-0.05, 0) is 12.8 Å². The number of carbonyl (C=O) groups is 1. The van der Waals surface area contributed by atoms with Gasteiger partial charge in [0.25, 0.3) is 0 Å². The second kappa shape index (κ2) is 5.94. The summed E-state index contributed by atoms with van der Waals surface area (Å²) in [7, 11) is 0. The van der Waals surface area contributed by atoms with Crippen LogP contribution >= 0.6 is 0 Å². The molecule has 4 heteroatoms. The van der Waals surface area contributed by atoms with E-state index in [0.29, 0.717) is 0 Å². The molecule has 76 valence electrons. The number of hydrogen-bond donors (Lipinski definition) is 2. The number of nitrogens with zero attached hydrogens (tertiary/aromatic N) is 1. The SMILES string of the molecule is CC(=O)NCCN1CCCCCN1. The molecule has 1 amide bonds. The van der Waals surface area contributed by atoms with E-state index in [4.69, 9.17) is 0 Å². The fourth-order valence-electron chi connectivity index (χ4n) is 1.48. The molecule has 1 aliphatic rings. The van der Waals surface area contributed by atoms with E-state index >= 15 is 0 Å². The van der Waals surface area contributed by atoms with Crippen LogP contribution in [0.15, 0.2) is 0 Å². The van der Waals surface area contributed by atoms with E-state index in [2.05, 4.69) is 15.8 Å². The molecule has 1 fully saturated rings. The van der Waals surface area contributed by atoms with E-state index < -0.39 is 0 Å². The van der Waals surface area contributed by atoms with Crippen molar-refractivity contribution in [2.75, 3.05) is 26.2 Å². The van der Waals surface area contributed by atoms with Gasteiger partial charge in [-0.3, -0.25) is 10.2 Å². The molecule has 1 saturated heterocycles. The minimum Gasteiger partial charge on any atom is -0.355 e. The van der Waals surface area contributed by atoms with Crippen LogP contribution in [0, 0.1) is 0 Å². The number of amides is 1. The van der Waals surface area contributed by atoms with Crippen LogP contribution in [0.2, 0.25) is 0 Å². The van der Waals surface area contributed by atoms with E-state index in [1.54, 1.807) is 6.92 Å². The molecule has 4 nitrogen and oxygen atoms in total. The summed E-state index contributed by atoms with van der Waals surface area (Å²) in [6.45, 7) is 5.36. The number of carbonyl (C=O) groups excluding carboxylic acids is 1. The lowest BCUT2D eigenvalue weighted by Crippen LogP contribution is -2.42. The third-order valence-electron chi connectivity index (χ3n) is 2.20. The Labute approximate surface area is 79.6 Å². The van der Waals surface area contributed by atoms with Gasteiger partial charge in [-0.1, -0.05) is 6.42 Å². The maximum absolute atomic E-state index is 10.6. The van der Waals surface area contributed by atoms with Crippen molar-refractivity contribution in [1.82, 2.24) is 15.8 Å². The van der Waals surface area contributed by atoms with E-state index in [9.17, 15) is 4.79 Å². The maximum Gasteiger partial charge on any atom is 0.216 e. The molecule has 0 aliphatic carbocycles. The second-order valence-electron chi connectivity index (χ2n) is 3.44. The van der Waals surface area contributed by atoms with Gasteiger partial charge in [0.05, 0.1) is 0 Å². The Balaban J connectivity index is 2.08. The van der Waals surface area contributed by atoms with Gasteiger partial charge < -0.3 is 5.32 Å². The Kier molecular flexibility index (Phi) is 4.78. The molecule has 0 aromatic rings. The average Bonchev–Trinajstić information content (AvgIpc) is 2.32. The van der Waals surface area contributed by atoms with Crippen molar-refractivity contribution in [3.63, 3.8) is 0 Å². The summed E-state index contributed by atoms with van der Waals surface area (Å²) in [4.78, 5) is 10.6. The van der Waals surface area contributed by atoms with Crippen LogP contribution in [0.1, 0.15) is 26.2 Å². The molecule has 1 heterocycles. The molecular weight excluding hydrogens is 166 g/mol. The molecule has 0 atom stereocenters. The molecular formula is C9H19N3O. The zero-order valence-corrected chi connectivity index (χ0v) is 8.31. The van der Waals surface area contributed by atoms with Gasteiger partial charge in [0.2, 0.25) is 5.91 Å². The van der Waals surface area contributed by atoms with Crippen molar-refractivity contribution in [2.45, 2.75) is 26.2 Å². The van der Waals surface area contributed by atoms with Crippen molar-refractivity contribution in [1.29, 1.82) is 0 Å². The Morgan fingerprint density at radius 2 is 2.31 bits per heavy atom. The molecule has 13 heavy (non-hydrogen) atoms. The van der Waals surface area contributed by atoms with E-state index in [1.165, 1.54) is 19.3 Å². The van der Waals surface area contributed by atoms with Gasteiger partial charge in [0.15, 0.2) is 0 Å². The molecule has 0 spiro atoms. The van der Waals surface area contributed by atoms with E-state index in [0.717, 1.165) is 26.2 Å². The first kappa shape index (κ1) is 10.5. The van der Waals surface area contributed by atoms with Crippen molar-refractivity contribution >= 4 is 5.91 Å². The van der Waals surface area contributed by atoms with Crippen molar-refractivity contribution < 1.29 is 4.79 Å². The Bertz CT molecular complexity index is 153. The topological polar surface area (TPSA) is 44.4 Å². The minimum absolute atomic E-state index is 0.0508. The first-order valence-corrected chi connectivity index (χ1v) is 5.02. The third kappa shape index (κ3) is 4.85. The fourth-order valence-corrected chi connectivity index (χ4v) is 1.48. The second-order valence-corrected chi connectivity index (χ2v) is 3.44. The standard InChI is InChI=1S/C9H19N3O/c1-9(13)10-6-8-12-7-4-2-3-5-11-12/h11H,2-8H2,1H3,(H,10,13). The number of rotatable bonds is 3. The van der Waals surface area contributed by atoms with Gasteiger partial charge in [0.1, 0.15) is 0 Å². The summed E-state index contributed by atoms with van der Waals surface area (Å²) >= 11 is 0. The molecule has 1 aliphatic heterocycles. The largest absolute Gasteiger partial charge is 0.355 e. The Morgan fingerprint density at radius 3 is 3.08 bits per heavy atom. The maximum atomic E-state index is 10.6. The van der Waals surface area contributed by atoms with Crippen LogP contribution in [-0.2, 0) is 4.79 Å². The zero-order valence-electron chi connectivity index (χ0n) is 8.31. The highest BCUT2D eigenvalue weighted by molar-refractivity contribution is 5.72. The summed E-state index contributed by atoms with van der Waals surface area (Å²) < 4.78 is 0. The molecule has 1 rings (SSSR count). The van der Waals surface area contributed by atoms with Crippen LogP contribution in [0.5, 0.6) is 0 Å². The molecule has 0 saturated carbocycles. The summed E-state index contributed by atoms with van der Waals surface area (Å²) in [5.41, 5.74) is 3.34. The fraction of sp³-hybridized carbons (Fsp3) is 0.889. The summed E-state index contributed by atoms with van der Waals surface area (Å²) in [5, 5.41) is 4.99. The van der Waals surface area contributed by atoms with Gasteiger partial charge >= 0.3 is 0 Å². The van der Waals surface area contributed by atoms with Crippen LogP contribution < -0.4 is 10.7 Å². The van der Waals surface area contributed by atoms with Crippen molar-refractivity contribution in [3.8, 4) is 0 Å². The number of hydrogen-bond acceptors (Lipinski definition) is 3. The lowest BCUT2D eigenvalue weighted by molar-refractivity contribution is -0.119. The normalized spacial score (nSPS) is 19.5. The molecule has 2 N–H and O–H groups in total. The summed E-state index contributed by atoms with van der Waals surface area (Å²) in [5.74, 6) is 0.0508. The van der Waals surface area contributed by atoms with Gasteiger partial charge in [-0.15, -0.1) is 0 Å². The van der Waals surface area contributed by atoms with Gasteiger partial charge in [-0.25, -0.2) is 5.01 Å². The summed E-state index contributed by atoms with van der Waals surface area (Å²) in [6.07, 6.45) is 3.83. The average molecular weight is 185 g/mol. The minimum atomic E-state index is 0.0508. The monoisotopic (exact) mass is 185 g/mol. The van der Waals surface area contributed by atoms with E-state index in [-0.39, 0.29) is 5.91 Å². The van der Waals surface area contributed by atoms with Crippen molar-refractivity contribution in [3.05, 3.63) is 0 Å². The lowest BCUT2D eigenvalue weighted by Gasteiger charge is -2.20. The summed E-state index contributed by atoms with van der Waals surface area (Å²) in [6, 6.07) is 0. The van der Waals surface area contributed by atoms with Crippen LogP contribution in [0.4, 0.5) is 0 Å². The van der Waals surface area contributed by atoms with Crippen LogP contribution in [0.3, 0.4) is 0 Å². The molecule has 0 aromatic carbocycles. The predicted molar refractivity (Wildman–Crippen MR) is 52.1 cm³/mol. The smallest absolute Gasteiger partial charge is 0.216 e. The number of hydrazine groups is 1. The van der Waals surface area contributed by atoms with E-state index in [1.807, 2.05) is 0 Å². The van der Waals surface area contributed by atoms with Crippen LogP contribution in [0.25, 0.3) is 0 Å². The van der Waals surface area contributed by atoms with Gasteiger partial charge in [-0.2, -0.15) is 0 Å². The first-order valence-electron chi connectivity index (χ1n) is 5.02. The van der Waals surface area contributed by atoms with Crippen LogP contribution in [-0.4, -0.2) is 37.1 Å². The molecule has 0 radical (unpaired) electrons. The Hall–Kier alpha value is -0.610. The highest BCUT2D eigenvalue weighted by Crippen LogP contribution is 2.00. The number of nitrogens with one attached hydrogen (secondary N) is 2. The van der Waals surface area contributed by atoms with Gasteiger partial charge in [0, 0.05) is 33.1 Å². The lowest BCUT2D eigenvalue weighted by atomic mass is 10.2. The Morgan fingerprint density at radius 1 is 1.46 bits per heavy atom. The predicted octanol–water partition coefficient (Wildman–Crippen LogP) is 0.113.